The highest BCUT2D eigenvalue weighted by molar-refractivity contribution is 6.31. The van der Waals surface area contributed by atoms with Crippen molar-refractivity contribution in [2.75, 3.05) is 6.54 Å². The first kappa shape index (κ1) is 11.0. The van der Waals surface area contributed by atoms with Crippen molar-refractivity contribution in [3.8, 4) is 0 Å². The Labute approximate surface area is 88.2 Å². The molecule has 1 aromatic carbocycles. The SMILES string of the molecule is C[C@H](NCC(N)=O)c1ccccc1Cl. The molecule has 14 heavy (non-hydrogen) atoms. The molecule has 0 fully saturated rings. The number of nitrogens with one attached hydrogen (secondary N) is 1. The molecule has 1 rings (SSSR count). The van der Waals surface area contributed by atoms with Crippen LogP contribution in [0.5, 0.6) is 0 Å². The fourth-order valence-electron chi connectivity index (χ4n) is 1.19. The summed E-state index contributed by atoms with van der Waals surface area (Å²) in [5.74, 6) is -0.371. The second kappa shape index (κ2) is 4.98. The highest BCUT2D eigenvalue weighted by Crippen LogP contribution is 2.21. The van der Waals surface area contributed by atoms with Crippen LogP contribution in [-0.2, 0) is 4.79 Å². The summed E-state index contributed by atoms with van der Waals surface area (Å²) >= 11 is 5.98. The zero-order valence-electron chi connectivity index (χ0n) is 7.96. The van der Waals surface area contributed by atoms with Crippen LogP contribution in [0.2, 0.25) is 5.02 Å². The summed E-state index contributed by atoms with van der Waals surface area (Å²) in [5, 5.41) is 3.67. The summed E-state index contributed by atoms with van der Waals surface area (Å²) in [4.78, 5) is 10.5. The number of nitrogens with two attached hydrogens (primary N) is 1. The van der Waals surface area contributed by atoms with Crippen LogP contribution in [-0.4, -0.2) is 12.5 Å². The number of carbonyl (C=O) groups is 1. The van der Waals surface area contributed by atoms with Gasteiger partial charge in [0.05, 0.1) is 6.54 Å². The molecule has 0 saturated heterocycles. The van der Waals surface area contributed by atoms with Crippen molar-refractivity contribution in [3.05, 3.63) is 34.9 Å². The summed E-state index contributed by atoms with van der Waals surface area (Å²) in [5.41, 5.74) is 5.99. The molecule has 1 atom stereocenters. The minimum absolute atomic E-state index is 0.0243. The number of carbonyl (C=O) groups excluding carboxylic acids is 1. The van der Waals surface area contributed by atoms with Crippen LogP contribution in [0, 0.1) is 0 Å². The van der Waals surface area contributed by atoms with Crippen LogP contribution in [0.3, 0.4) is 0 Å². The highest BCUT2D eigenvalue weighted by atomic mass is 35.5. The predicted molar refractivity (Wildman–Crippen MR) is 57.1 cm³/mol. The molecule has 4 heteroatoms. The number of amides is 1. The topological polar surface area (TPSA) is 55.1 Å². The van der Waals surface area contributed by atoms with Gasteiger partial charge in [-0.1, -0.05) is 29.8 Å². The zero-order valence-corrected chi connectivity index (χ0v) is 8.71. The lowest BCUT2D eigenvalue weighted by molar-refractivity contribution is -0.117. The summed E-state index contributed by atoms with van der Waals surface area (Å²) < 4.78 is 0. The fraction of sp³-hybridized carbons (Fsp3) is 0.300. The molecular formula is C10H13ClN2O. The van der Waals surface area contributed by atoms with E-state index in [1.807, 2.05) is 31.2 Å². The molecule has 3 N–H and O–H groups in total. The summed E-state index contributed by atoms with van der Waals surface area (Å²) in [7, 11) is 0. The molecule has 0 saturated carbocycles. The van der Waals surface area contributed by atoms with E-state index in [1.54, 1.807) is 0 Å². The van der Waals surface area contributed by atoms with Gasteiger partial charge in [-0.2, -0.15) is 0 Å². The van der Waals surface area contributed by atoms with Crippen molar-refractivity contribution in [1.29, 1.82) is 0 Å². The van der Waals surface area contributed by atoms with Crippen LogP contribution >= 0.6 is 11.6 Å². The Morgan fingerprint density at radius 1 is 1.57 bits per heavy atom. The van der Waals surface area contributed by atoms with E-state index >= 15 is 0 Å². The second-order valence-electron chi connectivity index (χ2n) is 3.09. The predicted octanol–water partition coefficient (Wildman–Crippen LogP) is 1.48. The van der Waals surface area contributed by atoms with Crippen LogP contribution in [0.15, 0.2) is 24.3 Å². The van der Waals surface area contributed by atoms with Crippen LogP contribution in [0.1, 0.15) is 18.5 Å². The van der Waals surface area contributed by atoms with E-state index in [0.29, 0.717) is 5.02 Å². The molecule has 0 spiro atoms. The van der Waals surface area contributed by atoms with Gasteiger partial charge in [-0.05, 0) is 18.6 Å². The molecule has 0 bridgehead atoms. The van der Waals surface area contributed by atoms with Gasteiger partial charge in [-0.3, -0.25) is 4.79 Å². The molecule has 0 aliphatic heterocycles. The molecule has 1 aromatic rings. The monoisotopic (exact) mass is 212 g/mol. The number of hydrogen-bond donors (Lipinski definition) is 2. The normalized spacial score (nSPS) is 12.4. The number of halogens is 1. The molecule has 76 valence electrons. The van der Waals surface area contributed by atoms with E-state index in [-0.39, 0.29) is 18.5 Å². The number of benzene rings is 1. The van der Waals surface area contributed by atoms with E-state index < -0.39 is 0 Å². The Morgan fingerprint density at radius 3 is 2.79 bits per heavy atom. The Morgan fingerprint density at radius 2 is 2.21 bits per heavy atom. The Hall–Kier alpha value is -1.06. The fourth-order valence-corrected chi connectivity index (χ4v) is 1.49. The van der Waals surface area contributed by atoms with E-state index in [4.69, 9.17) is 17.3 Å². The van der Waals surface area contributed by atoms with E-state index in [1.165, 1.54) is 0 Å². The van der Waals surface area contributed by atoms with Crippen molar-refractivity contribution < 1.29 is 4.79 Å². The first-order chi connectivity index (χ1) is 6.61. The van der Waals surface area contributed by atoms with Gasteiger partial charge >= 0.3 is 0 Å². The average Bonchev–Trinajstić information content (AvgIpc) is 2.15. The zero-order chi connectivity index (χ0) is 10.6. The summed E-state index contributed by atoms with van der Waals surface area (Å²) in [6.45, 7) is 2.09. The minimum Gasteiger partial charge on any atom is -0.369 e. The molecule has 1 amide bonds. The Bertz CT molecular complexity index is 328. The standard InChI is InChI=1S/C10H13ClN2O/c1-7(13-6-10(12)14)8-4-2-3-5-9(8)11/h2-5,7,13H,6H2,1H3,(H2,12,14)/t7-/m0/s1. The third kappa shape index (κ3) is 3.01. The molecule has 0 aromatic heterocycles. The molecule has 0 radical (unpaired) electrons. The Balaban J connectivity index is 2.65. The molecular weight excluding hydrogens is 200 g/mol. The van der Waals surface area contributed by atoms with E-state index in [2.05, 4.69) is 5.32 Å². The van der Waals surface area contributed by atoms with Gasteiger partial charge < -0.3 is 11.1 Å². The van der Waals surface area contributed by atoms with Gasteiger partial charge in [-0.25, -0.2) is 0 Å². The van der Waals surface area contributed by atoms with Crippen LogP contribution in [0.4, 0.5) is 0 Å². The number of hydrogen-bond acceptors (Lipinski definition) is 2. The lowest BCUT2D eigenvalue weighted by atomic mass is 10.1. The first-order valence-corrected chi connectivity index (χ1v) is 4.75. The largest absolute Gasteiger partial charge is 0.369 e. The number of rotatable bonds is 4. The van der Waals surface area contributed by atoms with Crippen molar-refractivity contribution in [2.45, 2.75) is 13.0 Å². The van der Waals surface area contributed by atoms with Crippen molar-refractivity contribution >= 4 is 17.5 Å². The lowest BCUT2D eigenvalue weighted by Crippen LogP contribution is -2.30. The van der Waals surface area contributed by atoms with E-state index in [0.717, 1.165) is 5.56 Å². The Kier molecular flexibility index (Phi) is 3.92. The average molecular weight is 213 g/mol. The molecule has 0 heterocycles. The maximum absolute atomic E-state index is 10.5. The molecule has 0 unspecified atom stereocenters. The maximum Gasteiger partial charge on any atom is 0.231 e. The third-order valence-electron chi connectivity index (χ3n) is 1.95. The van der Waals surface area contributed by atoms with Crippen LogP contribution in [0.25, 0.3) is 0 Å². The highest BCUT2D eigenvalue weighted by Gasteiger charge is 2.08. The lowest BCUT2D eigenvalue weighted by Gasteiger charge is -2.14. The maximum atomic E-state index is 10.5. The smallest absolute Gasteiger partial charge is 0.231 e. The third-order valence-corrected chi connectivity index (χ3v) is 2.30. The molecule has 0 aliphatic rings. The van der Waals surface area contributed by atoms with Gasteiger partial charge in [-0.15, -0.1) is 0 Å². The van der Waals surface area contributed by atoms with E-state index in [9.17, 15) is 4.79 Å². The minimum atomic E-state index is -0.371. The van der Waals surface area contributed by atoms with Crippen molar-refractivity contribution in [3.63, 3.8) is 0 Å². The quantitative estimate of drug-likeness (QED) is 0.795. The number of primary amides is 1. The van der Waals surface area contributed by atoms with Gasteiger partial charge in [0.25, 0.3) is 0 Å². The molecule has 3 nitrogen and oxygen atoms in total. The van der Waals surface area contributed by atoms with Crippen LogP contribution < -0.4 is 11.1 Å². The summed E-state index contributed by atoms with van der Waals surface area (Å²) in [6, 6.07) is 7.53. The molecule has 0 aliphatic carbocycles. The van der Waals surface area contributed by atoms with Crippen molar-refractivity contribution in [1.82, 2.24) is 5.32 Å². The van der Waals surface area contributed by atoms with Gasteiger partial charge in [0.1, 0.15) is 0 Å². The van der Waals surface area contributed by atoms with Crippen molar-refractivity contribution in [2.24, 2.45) is 5.73 Å². The summed E-state index contributed by atoms with van der Waals surface area (Å²) in [6.07, 6.45) is 0. The first-order valence-electron chi connectivity index (χ1n) is 4.37. The van der Waals surface area contributed by atoms with Gasteiger partial charge in [0.2, 0.25) is 5.91 Å². The second-order valence-corrected chi connectivity index (χ2v) is 3.50. The van der Waals surface area contributed by atoms with Gasteiger partial charge in [0, 0.05) is 11.1 Å². The van der Waals surface area contributed by atoms with Gasteiger partial charge in [0.15, 0.2) is 0 Å².